The van der Waals surface area contributed by atoms with Crippen molar-refractivity contribution in [1.29, 1.82) is 0 Å². The average molecular weight is 835 g/mol. The Bertz CT molecular complexity index is 4120. The van der Waals surface area contributed by atoms with Crippen molar-refractivity contribution in [2.24, 2.45) is 0 Å². The Labute approximate surface area is 372 Å². The van der Waals surface area contributed by atoms with Crippen LogP contribution in [0.15, 0.2) is 194 Å². The van der Waals surface area contributed by atoms with E-state index in [0.29, 0.717) is 5.95 Å². The molecule has 0 bridgehead atoms. The molecule has 0 N–H and O–H groups in total. The normalized spacial score (nSPS) is 13.6. The highest BCUT2D eigenvalue weighted by Gasteiger charge is 2.41. The number of rotatable bonds is 3. The summed E-state index contributed by atoms with van der Waals surface area (Å²) in [6.07, 6.45) is 0. The first-order chi connectivity index (χ1) is 31.5. The molecule has 64 heavy (non-hydrogen) atoms. The predicted octanol–water partition coefficient (Wildman–Crippen LogP) is 16.3. The van der Waals surface area contributed by atoms with E-state index in [1.807, 2.05) is 11.3 Å². The summed E-state index contributed by atoms with van der Waals surface area (Å²) in [6, 6.07) is 70.7. The largest absolute Gasteiger partial charge is 0.309 e. The number of fused-ring (bicyclic) bond motifs is 18. The van der Waals surface area contributed by atoms with Gasteiger partial charge in [0.05, 0.1) is 38.3 Å². The molecule has 0 unspecified atom stereocenters. The van der Waals surface area contributed by atoms with E-state index in [4.69, 9.17) is 9.97 Å². The van der Waals surface area contributed by atoms with Crippen LogP contribution >= 0.6 is 11.3 Å². The smallest absolute Gasteiger partial charge is 0.235 e. The molecule has 4 nitrogen and oxygen atoms in total. The Morgan fingerprint density at radius 1 is 0.469 bits per heavy atom. The van der Waals surface area contributed by atoms with Crippen molar-refractivity contribution in [3.05, 3.63) is 205 Å². The number of thiophene rings is 1. The first-order valence-electron chi connectivity index (χ1n) is 22.0. The van der Waals surface area contributed by atoms with Gasteiger partial charge in [0.1, 0.15) is 0 Å². The van der Waals surface area contributed by atoms with Gasteiger partial charge in [-0.05, 0) is 80.5 Å². The molecule has 4 heterocycles. The molecule has 10 aromatic carbocycles. The first-order valence-corrected chi connectivity index (χ1v) is 22.8. The van der Waals surface area contributed by atoms with Crippen molar-refractivity contribution in [2.45, 2.75) is 19.3 Å². The van der Waals surface area contributed by atoms with Gasteiger partial charge in [0.15, 0.2) is 0 Å². The Balaban J connectivity index is 1.16. The Hall–Kier alpha value is -7.86. The van der Waals surface area contributed by atoms with Gasteiger partial charge in [-0.25, -0.2) is 9.97 Å². The fourth-order valence-corrected chi connectivity index (χ4v) is 12.4. The van der Waals surface area contributed by atoms with E-state index in [9.17, 15) is 0 Å². The lowest BCUT2D eigenvalue weighted by molar-refractivity contribution is 0.638. The molecule has 0 saturated carbocycles. The van der Waals surface area contributed by atoms with Crippen molar-refractivity contribution >= 4 is 114 Å². The number of aromatic nitrogens is 3. The lowest BCUT2D eigenvalue weighted by atomic mass is 9.71. The summed E-state index contributed by atoms with van der Waals surface area (Å²) in [4.78, 5) is 14.1. The van der Waals surface area contributed by atoms with Gasteiger partial charge >= 0.3 is 0 Å². The van der Waals surface area contributed by atoms with Crippen LogP contribution in [-0.2, 0) is 5.41 Å². The highest BCUT2D eigenvalue weighted by molar-refractivity contribution is 7.26. The summed E-state index contributed by atoms with van der Waals surface area (Å²) in [5, 5.41) is 13.2. The van der Waals surface area contributed by atoms with E-state index in [0.717, 1.165) is 55.5 Å². The Morgan fingerprint density at radius 2 is 1.06 bits per heavy atom. The Morgan fingerprint density at radius 3 is 1.86 bits per heavy atom. The molecule has 1 aliphatic rings. The molecule has 13 aromatic rings. The zero-order valence-corrected chi connectivity index (χ0v) is 36.0. The van der Waals surface area contributed by atoms with Crippen LogP contribution in [-0.4, -0.2) is 14.5 Å². The standard InChI is InChI=1S/C59H38N4S/c1-59(2)46-28-14-16-30-49(46)63(56-53(59)42-25-10-9-24-41(42)51-44-27-13-17-31-50(44)64-57(51)56)58-60-54(52-40-23-8-6-20-37(40)38-21-7-11-26-43(38)55(52)61-58)35-32-33-48-45(34-35)39-22-12-15-29-47(39)62(48)36-18-4-3-5-19-36/h3-34H,1-2H3. The molecule has 0 radical (unpaired) electrons. The van der Waals surface area contributed by atoms with E-state index in [1.165, 1.54) is 69.1 Å². The molecule has 3 aromatic heterocycles. The van der Waals surface area contributed by atoms with E-state index in [-0.39, 0.29) is 5.41 Å². The second-order valence-corrected chi connectivity index (χ2v) is 18.7. The maximum Gasteiger partial charge on any atom is 0.235 e. The maximum absolute atomic E-state index is 5.90. The van der Waals surface area contributed by atoms with Crippen molar-refractivity contribution in [3.8, 4) is 16.9 Å². The van der Waals surface area contributed by atoms with Crippen LogP contribution < -0.4 is 4.90 Å². The average Bonchev–Trinajstić information content (AvgIpc) is 3.90. The molecule has 5 heteroatoms. The number of para-hydroxylation sites is 3. The van der Waals surface area contributed by atoms with Crippen LogP contribution in [0.1, 0.15) is 25.0 Å². The molecule has 14 rings (SSSR count). The maximum atomic E-state index is 5.90. The molecule has 0 spiro atoms. The fourth-order valence-electron chi connectivity index (χ4n) is 11.2. The molecule has 1 aliphatic heterocycles. The molecule has 300 valence electrons. The van der Waals surface area contributed by atoms with Crippen LogP contribution in [0.3, 0.4) is 0 Å². The lowest BCUT2D eigenvalue weighted by Gasteiger charge is -2.42. The fraction of sp³-hybridized carbons (Fsp3) is 0.0508. The van der Waals surface area contributed by atoms with E-state index in [2.05, 4.69) is 217 Å². The Kier molecular flexibility index (Phi) is 7.30. The molecule has 0 fully saturated rings. The van der Waals surface area contributed by atoms with Crippen LogP contribution in [0.4, 0.5) is 17.3 Å². The molecular weight excluding hydrogens is 797 g/mol. The van der Waals surface area contributed by atoms with Crippen molar-refractivity contribution in [2.75, 3.05) is 4.90 Å². The van der Waals surface area contributed by atoms with Gasteiger partial charge in [0.2, 0.25) is 5.95 Å². The number of hydrogen-bond acceptors (Lipinski definition) is 4. The SMILES string of the molecule is CC1(C)c2ccccc2N(c2nc(-c3ccc4c(c3)c3ccccc3n4-c3ccccc3)c3c4ccccc4c4ccccc4c3n2)c2c1c1ccccc1c1c2sc2ccccc21. The van der Waals surface area contributed by atoms with Gasteiger partial charge in [-0.15, -0.1) is 11.3 Å². The summed E-state index contributed by atoms with van der Waals surface area (Å²) < 4.78 is 4.90. The zero-order valence-electron chi connectivity index (χ0n) is 35.2. The van der Waals surface area contributed by atoms with Crippen LogP contribution in [0.5, 0.6) is 0 Å². The highest BCUT2D eigenvalue weighted by atomic mass is 32.1. The van der Waals surface area contributed by atoms with Crippen LogP contribution in [0.25, 0.3) is 102 Å². The minimum atomic E-state index is -0.326. The van der Waals surface area contributed by atoms with Crippen LogP contribution in [0, 0.1) is 0 Å². The quantitative estimate of drug-likeness (QED) is 0.166. The van der Waals surface area contributed by atoms with E-state index < -0.39 is 0 Å². The predicted molar refractivity (Wildman–Crippen MR) is 272 cm³/mol. The highest BCUT2D eigenvalue weighted by Crippen LogP contribution is 2.59. The van der Waals surface area contributed by atoms with Gasteiger partial charge in [-0.1, -0.05) is 166 Å². The third-order valence-corrected chi connectivity index (χ3v) is 15.1. The number of hydrogen-bond donors (Lipinski definition) is 0. The lowest BCUT2D eigenvalue weighted by Crippen LogP contribution is -2.31. The van der Waals surface area contributed by atoms with Crippen molar-refractivity contribution in [3.63, 3.8) is 0 Å². The van der Waals surface area contributed by atoms with Crippen molar-refractivity contribution < 1.29 is 0 Å². The minimum absolute atomic E-state index is 0.326. The summed E-state index contributed by atoms with van der Waals surface area (Å²) in [6.45, 7) is 4.78. The first kappa shape index (κ1) is 35.7. The van der Waals surface area contributed by atoms with Crippen molar-refractivity contribution in [1.82, 2.24) is 14.5 Å². The monoisotopic (exact) mass is 834 g/mol. The summed E-state index contributed by atoms with van der Waals surface area (Å²) in [5.74, 6) is 0.660. The third kappa shape index (κ3) is 4.76. The number of benzene rings is 10. The summed E-state index contributed by atoms with van der Waals surface area (Å²) in [5.41, 5.74) is 10.9. The topological polar surface area (TPSA) is 34.0 Å². The second kappa shape index (κ2) is 13.1. The molecule has 0 amide bonds. The molecule has 0 saturated heterocycles. The second-order valence-electron chi connectivity index (χ2n) is 17.7. The number of nitrogens with zero attached hydrogens (tertiary/aromatic N) is 4. The van der Waals surface area contributed by atoms with Gasteiger partial charge in [-0.3, -0.25) is 4.90 Å². The molecule has 0 aliphatic carbocycles. The van der Waals surface area contributed by atoms with Gasteiger partial charge in [0.25, 0.3) is 0 Å². The van der Waals surface area contributed by atoms with Gasteiger partial charge in [-0.2, -0.15) is 0 Å². The summed E-state index contributed by atoms with van der Waals surface area (Å²) >= 11 is 1.88. The van der Waals surface area contributed by atoms with E-state index >= 15 is 0 Å². The van der Waals surface area contributed by atoms with Gasteiger partial charge in [0, 0.05) is 53.7 Å². The van der Waals surface area contributed by atoms with E-state index in [1.54, 1.807) is 0 Å². The summed E-state index contributed by atoms with van der Waals surface area (Å²) in [7, 11) is 0. The third-order valence-electron chi connectivity index (χ3n) is 13.9. The molecular formula is C59H38N4S. The molecule has 0 atom stereocenters. The minimum Gasteiger partial charge on any atom is -0.309 e. The number of anilines is 3. The zero-order chi connectivity index (χ0) is 42.3. The van der Waals surface area contributed by atoms with Gasteiger partial charge < -0.3 is 4.57 Å². The van der Waals surface area contributed by atoms with Crippen LogP contribution in [0.2, 0.25) is 0 Å².